The van der Waals surface area contributed by atoms with Gasteiger partial charge in [0.05, 0.1) is 13.7 Å². The molecule has 1 amide bonds. The van der Waals surface area contributed by atoms with Crippen molar-refractivity contribution in [1.82, 2.24) is 25.1 Å². The highest BCUT2D eigenvalue weighted by atomic mass is 16.5. The van der Waals surface area contributed by atoms with Gasteiger partial charge in [-0.1, -0.05) is 40.6 Å². The summed E-state index contributed by atoms with van der Waals surface area (Å²) in [6.07, 6.45) is 0. The number of nitrogens with zero attached hydrogens (tertiary/aromatic N) is 5. The number of amides is 1. The van der Waals surface area contributed by atoms with Crippen molar-refractivity contribution in [3.05, 3.63) is 71.8 Å². The maximum atomic E-state index is 13.3. The molecule has 0 spiro atoms. The third-order valence-corrected chi connectivity index (χ3v) is 5.96. The van der Waals surface area contributed by atoms with Crippen LogP contribution in [0.5, 0.6) is 5.75 Å². The first-order valence-electron chi connectivity index (χ1n) is 11.1. The zero-order valence-corrected chi connectivity index (χ0v) is 19.1. The molecular formula is C25H25N5O4. The van der Waals surface area contributed by atoms with E-state index in [1.807, 2.05) is 59.5 Å². The molecule has 0 aliphatic carbocycles. The van der Waals surface area contributed by atoms with Crippen LogP contribution in [0.25, 0.3) is 22.6 Å². The summed E-state index contributed by atoms with van der Waals surface area (Å²) in [6, 6.07) is 17.1. The van der Waals surface area contributed by atoms with Crippen LogP contribution < -0.4 is 4.74 Å². The zero-order valence-electron chi connectivity index (χ0n) is 19.1. The molecule has 34 heavy (non-hydrogen) atoms. The van der Waals surface area contributed by atoms with Gasteiger partial charge in [-0.3, -0.25) is 9.69 Å². The Balaban J connectivity index is 1.21. The predicted octanol–water partition coefficient (Wildman–Crippen LogP) is 3.67. The van der Waals surface area contributed by atoms with E-state index in [2.05, 4.69) is 20.2 Å². The lowest BCUT2D eigenvalue weighted by atomic mass is 10.0. The molecule has 0 radical (unpaired) electrons. The first-order valence-corrected chi connectivity index (χ1v) is 11.1. The van der Waals surface area contributed by atoms with Gasteiger partial charge in [0.1, 0.15) is 22.8 Å². The maximum Gasteiger partial charge on any atom is 0.259 e. The van der Waals surface area contributed by atoms with Gasteiger partial charge in [0.25, 0.3) is 5.91 Å². The van der Waals surface area contributed by atoms with Gasteiger partial charge in [-0.05, 0) is 31.2 Å². The molecule has 3 heterocycles. The number of benzene rings is 2. The molecular weight excluding hydrogens is 434 g/mol. The summed E-state index contributed by atoms with van der Waals surface area (Å²) in [6.45, 7) is 4.91. The van der Waals surface area contributed by atoms with Crippen molar-refractivity contribution >= 4 is 5.91 Å². The number of aryl methyl sites for hydroxylation is 1. The van der Waals surface area contributed by atoms with Crippen LogP contribution in [0.1, 0.15) is 22.0 Å². The van der Waals surface area contributed by atoms with Gasteiger partial charge >= 0.3 is 0 Å². The number of carbonyl (C=O) groups excluding carboxylic acids is 1. The lowest BCUT2D eigenvalue weighted by Gasteiger charge is -2.33. The topological polar surface area (TPSA) is 97.7 Å². The van der Waals surface area contributed by atoms with Crippen LogP contribution in [0.4, 0.5) is 0 Å². The summed E-state index contributed by atoms with van der Waals surface area (Å²) in [7, 11) is 1.63. The molecule has 0 atom stereocenters. The molecule has 9 heteroatoms. The van der Waals surface area contributed by atoms with E-state index in [1.165, 1.54) is 0 Å². The predicted molar refractivity (Wildman–Crippen MR) is 124 cm³/mol. The molecule has 0 bridgehead atoms. The van der Waals surface area contributed by atoms with Crippen molar-refractivity contribution in [3.8, 4) is 28.4 Å². The molecule has 2 aromatic heterocycles. The quantitative estimate of drug-likeness (QED) is 0.431. The van der Waals surface area contributed by atoms with E-state index in [0.717, 1.165) is 16.9 Å². The van der Waals surface area contributed by atoms with Gasteiger partial charge in [0, 0.05) is 37.3 Å². The number of methoxy groups -OCH3 is 1. The van der Waals surface area contributed by atoms with E-state index in [-0.39, 0.29) is 5.91 Å². The number of carbonyl (C=O) groups is 1. The summed E-state index contributed by atoms with van der Waals surface area (Å²) < 4.78 is 16.0. The molecule has 1 fully saturated rings. The number of aromatic nitrogens is 3. The van der Waals surface area contributed by atoms with E-state index >= 15 is 0 Å². The molecule has 0 saturated carbocycles. The lowest BCUT2D eigenvalue weighted by Crippen LogP contribution is -2.48. The Hall–Kier alpha value is -3.98. The Morgan fingerprint density at radius 3 is 2.38 bits per heavy atom. The normalized spacial score (nSPS) is 14.4. The Kier molecular flexibility index (Phi) is 6.09. The van der Waals surface area contributed by atoms with Crippen molar-refractivity contribution < 1.29 is 18.6 Å². The van der Waals surface area contributed by atoms with Crippen LogP contribution in [0, 0.1) is 6.92 Å². The van der Waals surface area contributed by atoms with Crippen LogP contribution in [-0.2, 0) is 6.54 Å². The van der Waals surface area contributed by atoms with E-state index in [4.69, 9.17) is 13.8 Å². The van der Waals surface area contributed by atoms with Gasteiger partial charge < -0.3 is 18.7 Å². The van der Waals surface area contributed by atoms with E-state index in [9.17, 15) is 4.79 Å². The number of hydrogen-bond donors (Lipinski definition) is 0. The fourth-order valence-corrected chi connectivity index (χ4v) is 4.05. The van der Waals surface area contributed by atoms with Crippen molar-refractivity contribution in [2.75, 3.05) is 33.3 Å². The summed E-state index contributed by atoms with van der Waals surface area (Å²) in [5.74, 6) is 2.34. The average molecular weight is 460 g/mol. The van der Waals surface area contributed by atoms with Crippen LogP contribution in [0.2, 0.25) is 0 Å². The fraction of sp³-hybridized carbons (Fsp3) is 0.280. The summed E-state index contributed by atoms with van der Waals surface area (Å²) in [5, 5.41) is 8.24. The minimum atomic E-state index is -0.0585. The minimum Gasteiger partial charge on any atom is -0.497 e. The van der Waals surface area contributed by atoms with E-state index in [0.29, 0.717) is 61.5 Å². The van der Waals surface area contributed by atoms with Crippen molar-refractivity contribution in [2.45, 2.75) is 13.5 Å². The lowest BCUT2D eigenvalue weighted by molar-refractivity contribution is 0.0614. The first-order chi connectivity index (χ1) is 16.6. The largest absolute Gasteiger partial charge is 0.497 e. The molecule has 2 aromatic carbocycles. The SMILES string of the molecule is COc1ccc(-c2noc(CN3CCN(C(=O)c4c(-c5ccccc5)noc4C)CC3)n2)cc1. The second-order valence-electron chi connectivity index (χ2n) is 8.14. The standard InChI is InChI=1S/C25H25N5O4/c1-17-22(23(27-33-17)18-6-4-3-5-7-18)25(31)30-14-12-29(13-15-30)16-21-26-24(28-34-21)19-8-10-20(32-2)11-9-19/h3-11H,12-16H2,1-2H3. The molecule has 1 saturated heterocycles. The highest BCUT2D eigenvalue weighted by Crippen LogP contribution is 2.27. The van der Waals surface area contributed by atoms with Crippen molar-refractivity contribution in [2.24, 2.45) is 0 Å². The Bertz CT molecular complexity index is 1260. The van der Waals surface area contributed by atoms with Gasteiger partial charge in [-0.2, -0.15) is 4.98 Å². The van der Waals surface area contributed by atoms with Gasteiger partial charge in [0.2, 0.25) is 11.7 Å². The van der Waals surface area contributed by atoms with E-state index < -0.39 is 0 Å². The number of ether oxygens (including phenoxy) is 1. The van der Waals surface area contributed by atoms with Crippen molar-refractivity contribution in [1.29, 1.82) is 0 Å². The fourth-order valence-electron chi connectivity index (χ4n) is 4.05. The molecule has 9 nitrogen and oxygen atoms in total. The number of hydrogen-bond acceptors (Lipinski definition) is 8. The molecule has 5 rings (SSSR count). The summed E-state index contributed by atoms with van der Waals surface area (Å²) in [4.78, 5) is 21.9. The Labute approximate surface area is 196 Å². The van der Waals surface area contributed by atoms with Crippen molar-refractivity contribution in [3.63, 3.8) is 0 Å². The monoisotopic (exact) mass is 459 g/mol. The molecule has 1 aliphatic rings. The molecule has 0 N–H and O–H groups in total. The third-order valence-electron chi connectivity index (χ3n) is 5.96. The Morgan fingerprint density at radius 1 is 0.941 bits per heavy atom. The summed E-state index contributed by atoms with van der Waals surface area (Å²) in [5.41, 5.74) is 2.85. The second-order valence-corrected chi connectivity index (χ2v) is 8.14. The van der Waals surface area contributed by atoms with Crippen LogP contribution >= 0.6 is 0 Å². The second kappa shape index (κ2) is 9.48. The Morgan fingerprint density at radius 2 is 1.68 bits per heavy atom. The molecule has 174 valence electrons. The first kappa shape index (κ1) is 21.8. The molecule has 0 unspecified atom stereocenters. The van der Waals surface area contributed by atoms with Crippen LogP contribution in [-0.4, -0.2) is 64.3 Å². The summed E-state index contributed by atoms with van der Waals surface area (Å²) >= 11 is 0. The van der Waals surface area contributed by atoms with Crippen LogP contribution in [0.15, 0.2) is 63.6 Å². The highest BCUT2D eigenvalue weighted by Gasteiger charge is 2.29. The number of piperazine rings is 1. The average Bonchev–Trinajstić information content (AvgIpc) is 3.51. The van der Waals surface area contributed by atoms with E-state index in [1.54, 1.807) is 14.0 Å². The minimum absolute atomic E-state index is 0.0585. The van der Waals surface area contributed by atoms with Gasteiger partial charge in [-0.25, -0.2) is 0 Å². The third kappa shape index (κ3) is 4.42. The zero-order chi connectivity index (χ0) is 23.5. The maximum absolute atomic E-state index is 13.3. The smallest absolute Gasteiger partial charge is 0.259 e. The van der Waals surface area contributed by atoms with Gasteiger partial charge in [-0.15, -0.1) is 0 Å². The number of rotatable bonds is 6. The van der Waals surface area contributed by atoms with Gasteiger partial charge in [0.15, 0.2) is 0 Å². The molecule has 4 aromatic rings. The molecule has 1 aliphatic heterocycles. The van der Waals surface area contributed by atoms with Crippen LogP contribution in [0.3, 0.4) is 0 Å². The highest BCUT2D eigenvalue weighted by molar-refractivity contribution is 6.00.